The highest BCUT2D eigenvalue weighted by molar-refractivity contribution is 9.10. The molecule has 0 fully saturated rings. The molecule has 1 N–H and O–H groups in total. The first-order valence-electron chi connectivity index (χ1n) is 3.11. The lowest BCUT2D eigenvalue weighted by Crippen LogP contribution is -2.02. The van der Waals surface area contributed by atoms with Crippen molar-refractivity contribution in [2.75, 3.05) is 0 Å². The summed E-state index contributed by atoms with van der Waals surface area (Å²) in [5, 5.41) is 8.37. The molecule has 0 atom stereocenters. The van der Waals surface area contributed by atoms with Crippen molar-refractivity contribution in [2.24, 2.45) is 0 Å². The molecule has 1 rings (SSSR count). The molecule has 1 heterocycles. The van der Waals surface area contributed by atoms with E-state index in [-0.39, 0.29) is 12.1 Å². The van der Waals surface area contributed by atoms with Crippen molar-refractivity contribution in [3.63, 3.8) is 0 Å². The first-order chi connectivity index (χ1) is 5.58. The predicted octanol–water partition coefficient (Wildman–Crippen LogP) is 1.61. The van der Waals surface area contributed by atoms with E-state index in [0.717, 1.165) is 6.07 Å². The van der Waals surface area contributed by atoms with Gasteiger partial charge >= 0.3 is 5.97 Å². The zero-order valence-electron chi connectivity index (χ0n) is 5.92. The van der Waals surface area contributed by atoms with Gasteiger partial charge in [-0.1, -0.05) is 0 Å². The van der Waals surface area contributed by atoms with Gasteiger partial charge in [-0.2, -0.15) is 0 Å². The molecule has 0 saturated heterocycles. The number of carbonyl (C=O) groups is 1. The summed E-state index contributed by atoms with van der Waals surface area (Å²) in [5.74, 6) is -1.52. The minimum Gasteiger partial charge on any atom is -0.481 e. The molecular formula is C7H5BrFNO2. The van der Waals surface area contributed by atoms with Gasteiger partial charge in [0.2, 0.25) is 0 Å². The van der Waals surface area contributed by atoms with Gasteiger partial charge in [0.25, 0.3) is 0 Å². The van der Waals surface area contributed by atoms with E-state index in [4.69, 9.17) is 5.11 Å². The van der Waals surface area contributed by atoms with Crippen molar-refractivity contribution in [3.8, 4) is 0 Å². The zero-order valence-corrected chi connectivity index (χ0v) is 7.51. The maximum atomic E-state index is 12.6. The molecule has 0 aromatic carbocycles. The fraction of sp³-hybridized carbons (Fsp3) is 0.143. The summed E-state index contributed by atoms with van der Waals surface area (Å²) in [4.78, 5) is 14.0. The van der Waals surface area contributed by atoms with Gasteiger partial charge in [0, 0.05) is 6.07 Å². The van der Waals surface area contributed by atoms with Crippen LogP contribution in [0.25, 0.3) is 0 Å². The number of carboxylic acids is 1. The molecule has 0 bridgehead atoms. The summed E-state index contributed by atoms with van der Waals surface area (Å²) in [7, 11) is 0. The highest BCUT2D eigenvalue weighted by atomic mass is 79.9. The summed E-state index contributed by atoms with van der Waals surface area (Å²) < 4.78 is 12.9. The molecule has 5 heteroatoms. The Morgan fingerprint density at radius 3 is 2.83 bits per heavy atom. The van der Waals surface area contributed by atoms with Crippen molar-refractivity contribution in [2.45, 2.75) is 6.42 Å². The maximum Gasteiger partial charge on any atom is 0.309 e. The average molecular weight is 234 g/mol. The molecule has 0 saturated carbocycles. The van der Waals surface area contributed by atoms with Gasteiger partial charge in [-0.25, -0.2) is 9.37 Å². The van der Waals surface area contributed by atoms with E-state index >= 15 is 0 Å². The minimum atomic E-state index is -1.03. The molecule has 0 aliphatic rings. The monoisotopic (exact) mass is 233 g/mol. The molecular weight excluding hydrogens is 229 g/mol. The number of halogens is 2. The average Bonchev–Trinajstić information content (AvgIpc) is 1.81. The maximum absolute atomic E-state index is 12.6. The van der Waals surface area contributed by atoms with Crippen molar-refractivity contribution in [3.05, 3.63) is 28.2 Å². The molecule has 1 aromatic heterocycles. The third kappa shape index (κ3) is 2.58. The summed E-state index contributed by atoms with van der Waals surface area (Å²) in [5.41, 5.74) is 0.203. The van der Waals surface area contributed by atoms with Crippen LogP contribution in [0.15, 0.2) is 16.7 Å². The number of hydrogen-bond acceptors (Lipinski definition) is 2. The Morgan fingerprint density at radius 1 is 1.67 bits per heavy atom. The first-order valence-corrected chi connectivity index (χ1v) is 3.91. The SMILES string of the molecule is O=C(O)Cc1cc(F)cc(Br)n1. The van der Waals surface area contributed by atoms with Crippen LogP contribution in [0.1, 0.15) is 5.69 Å². The Balaban J connectivity index is 2.93. The first kappa shape index (κ1) is 9.12. The fourth-order valence-corrected chi connectivity index (χ4v) is 1.21. The van der Waals surface area contributed by atoms with E-state index in [2.05, 4.69) is 20.9 Å². The largest absolute Gasteiger partial charge is 0.481 e. The highest BCUT2D eigenvalue weighted by Gasteiger charge is 2.04. The Morgan fingerprint density at radius 2 is 2.33 bits per heavy atom. The lowest BCUT2D eigenvalue weighted by molar-refractivity contribution is -0.136. The molecule has 0 radical (unpaired) electrons. The third-order valence-electron chi connectivity index (χ3n) is 1.14. The van der Waals surface area contributed by atoms with Crippen LogP contribution in [0.2, 0.25) is 0 Å². The van der Waals surface area contributed by atoms with E-state index in [9.17, 15) is 9.18 Å². The Kier molecular flexibility index (Phi) is 2.75. The van der Waals surface area contributed by atoms with E-state index < -0.39 is 11.8 Å². The second-order valence-corrected chi connectivity index (χ2v) is 2.98. The van der Waals surface area contributed by atoms with Crippen LogP contribution in [0, 0.1) is 5.82 Å². The second-order valence-electron chi connectivity index (χ2n) is 2.17. The number of pyridine rings is 1. The topological polar surface area (TPSA) is 50.2 Å². The fourth-order valence-electron chi connectivity index (χ4n) is 0.762. The van der Waals surface area contributed by atoms with Crippen LogP contribution in [-0.4, -0.2) is 16.1 Å². The number of rotatable bonds is 2. The number of aliphatic carboxylic acids is 1. The van der Waals surface area contributed by atoms with Crippen LogP contribution in [-0.2, 0) is 11.2 Å². The standard InChI is InChI=1S/C7H5BrFNO2/c8-6-2-4(9)1-5(10-6)3-7(11)12/h1-2H,3H2,(H,11,12). The molecule has 12 heavy (non-hydrogen) atoms. The predicted molar refractivity (Wildman–Crippen MR) is 43.2 cm³/mol. The van der Waals surface area contributed by atoms with Crippen molar-refractivity contribution < 1.29 is 14.3 Å². The summed E-state index contributed by atoms with van der Waals surface area (Å²) in [6, 6.07) is 2.27. The summed E-state index contributed by atoms with van der Waals surface area (Å²) >= 11 is 2.96. The zero-order chi connectivity index (χ0) is 9.14. The van der Waals surface area contributed by atoms with Crippen molar-refractivity contribution in [1.29, 1.82) is 0 Å². The van der Waals surface area contributed by atoms with Gasteiger partial charge in [0.05, 0.1) is 12.1 Å². The number of carboxylic acid groups (broad SMARTS) is 1. The van der Waals surface area contributed by atoms with Gasteiger partial charge in [-0.15, -0.1) is 0 Å². The third-order valence-corrected chi connectivity index (χ3v) is 1.55. The van der Waals surface area contributed by atoms with Crippen molar-refractivity contribution >= 4 is 21.9 Å². The summed E-state index contributed by atoms with van der Waals surface area (Å²) in [6.07, 6.45) is -0.268. The quantitative estimate of drug-likeness (QED) is 0.790. The number of nitrogens with zero attached hydrogens (tertiary/aromatic N) is 1. The van der Waals surface area contributed by atoms with Gasteiger partial charge in [0.1, 0.15) is 10.4 Å². The summed E-state index contributed by atoms with van der Waals surface area (Å²) in [6.45, 7) is 0. The van der Waals surface area contributed by atoms with Crippen LogP contribution in [0.4, 0.5) is 4.39 Å². The van der Waals surface area contributed by atoms with E-state index in [1.807, 2.05) is 0 Å². The van der Waals surface area contributed by atoms with Gasteiger partial charge in [0.15, 0.2) is 0 Å². The van der Waals surface area contributed by atoms with Gasteiger partial charge in [-0.3, -0.25) is 4.79 Å². The lowest BCUT2D eigenvalue weighted by atomic mass is 10.3. The van der Waals surface area contributed by atoms with Gasteiger partial charge < -0.3 is 5.11 Å². The molecule has 1 aromatic rings. The van der Waals surface area contributed by atoms with E-state index in [1.165, 1.54) is 6.07 Å². The molecule has 0 aliphatic carbocycles. The highest BCUT2D eigenvalue weighted by Crippen LogP contribution is 2.10. The Labute approximate surface area is 76.4 Å². The molecule has 64 valence electrons. The lowest BCUT2D eigenvalue weighted by Gasteiger charge is -1.97. The molecule has 3 nitrogen and oxygen atoms in total. The molecule has 0 unspecified atom stereocenters. The number of aromatic nitrogens is 1. The van der Waals surface area contributed by atoms with E-state index in [1.54, 1.807) is 0 Å². The van der Waals surface area contributed by atoms with Crippen molar-refractivity contribution in [1.82, 2.24) is 4.98 Å². The second kappa shape index (κ2) is 3.62. The van der Waals surface area contributed by atoms with Gasteiger partial charge in [-0.05, 0) is 22.0 Å². The van der Waals surface area contributed by atoms with Crippen LogP contribution in [0.3, 0.4) is 0 Å². The molecule has 0 spiro atoms. The smallest absolute Gasteiger partial charge is 0.309 e. The number of hydrogen-bond donors (Lipinski definition) is 1. The normalized spacial score (nSPS) is 9.83. The molecule has 0 amide bonds. The molecule has 0 aliphatic heterocycles. The Hall–Kier alpha value is -0.970. The van der Waals surface area contributed by atoms with E-state index in [0.29, 0.717) is 4.60 Å². The van der Waals surface area contributed by atoms with Crippen LogP contribution < -0.4 is 0 Å². The van der Waals surface area contributed by atoms with Crippen LogP contribution >= 0.6 is 15.9 Å². The Bertz CT molecular complexity index is 296. The minimum absolute atomic E-state index is 0.203. The van der Waals surface area contributed by atoms with Crippen LogP contribution in [0.5, 0.6) is 0 Å².